The maximum absolute atomic E-state index is 5.91. The predicted octanol–water partition coefficient (Wildman–Crippen LogP) is 3.12. The van der Waals surface area contributed by atoms with Crippen LogP contribution in [0.25, 0.3) is 0 Å². The van der Waals surface area contributed by atoms with E-state index in [0.29, 0.717) is 5.92 Å². The van der Waals surface area contributed by atoms with Gasteiger partial charge in [0.2, 0.25) is 5.13 Å². The van der Waals surface area contributed by atoms with Crippen molar-refractivity contribution in [3.05, 3.63) is 5.82 Å². The molecule has 0 spiro atoms. The van der Waals surface area contributed by atoms with Crippen LogP contribution in [0, 0.1) is 0 Å². The lowest BCUT2D eigenvalue weighted by atomic mass is 10.2. The molecule has 0 aliphatic carbocycles. The molecule has 15 heavy (non-hydrogen) atoms. The summed E-state index contributed by atoms with van der Waals surface area (Å²) < 4.78 is 4.32. The van der Waals surface area contributed by atoms with Gasteiger partial charge in [-0.2, -0.15) is 4.37 Å². The van der Waals surface area contributed by atoms with Crippen molar-refractivity contribution < 1.29 is 0 Å². The molecule has 1 atom stereocenters. The van der Waals surface area contributed by atoms with Crippen LogP contribution in [0.1, 0.15) is 38.9 Å². The number of alkyl halides is 1. The van der Waals surface area contributed by atoms with E-state index in [1.54, 1.807) is 0 Å². The molecule has 0 radical (unpaired) electrons. The zero-order chi connectivity index (χ0) is 11.4. The van der Waals surface area contributed by atoms with Crippen molar-refractivity contribution in [1.29, 1.82) is 0 Å². The molecule has 0 bridgehead atoms. The number of nitrogens with zero attached hydrogens (tertiary/aromatic N) is 3. The molecule has 1 aromatic heterocycles. The molecule has 0 aliphatic rings. The molecular formula is C10H18ClN3S. The lowest BCUT2D eigenvalue weighted by Gasteiger charge is -2.15. The zero-order valence-corrected chi connectivity index (χ0v) is 11.3. The van der Waals surface area contributed by atoms with Gasteiger partial charge in [0.1, 0.15) is 5.82 Å². The van der Waals surface area contributed by atoms with E-state index < -0.39 is 0 Å². The van der Waals surface area contributed by atoms with Gasteiger partial charge in [0.05, 0.1) is 0 Å². The Balaban J connectivity index is 2.54. The second kappa shape index (κ2) is 5.66. The number of halogens is 1. The van der Waals surface area contributed by atoms with Crippen LogP contribution in [-0.4, -0.2) is 28.3 Å². The van der Waals surface area contributed by atoms with Crippen LogP contribution in [-0.2, 0) is 0 Å². The third-order valence-electron chi connectivity index (χ3n) is 2.14. The van der Waals surface area contributed by atoms with Crippen LogP contribution >= 0.6 is 23.1 Å². The average Bonchev–Trinajstić information content (AvgIpc) is 2.62. The highest BCUT2D eigenvalue weighted by molar-refractivity contribution is 7.09. The van der Waals surface area contributed by atoms with Gasteiger partial charge in [-0.15, -0.1) is 11.6 Å². The molecule has 0 aliphatic heterocycles. The van der Waals surface area contributed by atoms with Gasteiger partial charge in [-0.25, -0.2) is 4.98 Å². The van der Waals surface area contributed by atoms with Gasteiger partial charge in [-0.3, -0.25) is 0 Å². The molecule has 0 saturated heterocycles. The third kappa shape index (κ3) is 3.95. The minimum Gasteiger partial charge on any atom is -0.350 e. The first-order chi connectivity index (χ1) is 7.00. The highest BCUT2D eigenvalue weighted by Crippen LogP contribution is 2.20. The van der Waals surface area contributed by atoms with Gasteiger partial charge < -0.3 is 4.90 Å². The van der Waals surface area contributed by atoms with Crippen molar-refractivity contribution in [3.8, 4) is 0 Å². The summed E-state index contributed by atoms with van der Waals surface area (Å²) in [6.07, 6.45) is 0.967. The fourth-order valence-corrected chi connectivity index (χ4v) is 1.97. The van der Waals surface area contributed by atoms with Crippen molar-refractivity contribution in [1.82, 2.24) is 9.36 Å². The summed E-state index contributed by atoms with van der Waals surface area (Å²) in [4.78, 5) is 6.59. The standard InChI is InChI=1S/C10H18ClN3S/c1-7(2)9-12-10(15-13-9)14(4)6-5-8(3)11/h7-8H,5-6H2,1-4H3. The number of hydrogen-bond acceptors (Lipinski definition) is 4. The van der Waals surface area contributed by atoms with Crippen molar-refractivity contribution in [2.45, 2.75) is 38.5 Å². The summed E-state index contributed by atoms with van der Waals surface area (Å²) in [7, 11) is 2.03. The summed E-state index contributed by atoms with van der Waals surface area (Å²) >= 11 is 7.37. The van der Waals surface area contributed by atoms with Crippen LogP contribution in [0.5, 0.6) is 0 Å². The Morgan fingerprint density at radius 2 is 2.07 bits per heavy atom. The number of aromatic nitrogens is 2. The molecule has 3 nitrogen and oxygen atoms in total. The first kappa shape index (κ1) is 12.7. The Hall–Kier alpha value is -0.350. The van der Waals surface area contributed by atoms with Crippen LogP contribution < -0.4 is 4.90 Å². The molecule has 5 heteroatoms. The minimum absolute atomic E-state index is 0.213. The van der Waals surface area contributed by atoms with Gasteiger partial charge in [-0.1, -0.05) is 13.8 Å². The molecule has 86 valence electrons. The van der Waals surface area contributed by atoms with E-state index in [4.69, 9.17) is 11.6 Å². The highest BCUT2D eigenvalue weighted by atomic mass is 35.5. The Kier molecular flexibility index (Phi) is 4.80. The molecule has 1 unspecified atom stereocenters. The van der Waals surface area contributed by atoms with E-state index in [1.807, 2.05) is 14.0 Å². The minimum atomic E-state index is 0.213. The summed E-state index contributed by atoms with van der Waals surface area (Å²) in [6, 6.07) is 0. The van der Waals surface area contributed by atoms with Crippen molar-refractivity contribution >= 4 is 28.3 Å². The monoisotopic (exact) mass is 247 g/mol. The van der Waals surface area contributed by atoms with Gasteiger partial charge in [-0.05, 0) is 13.3 Å². The molecular weight excluding hydrogens is 230 g/mol. The van der Waals surface area contributed by atoms with Crippen LogP contribution in [0.3, 0.4) is 0 Å². The predicted molar refractivity (Wildman–Crippen MR) is 67.2 cm³/mol. The van der Waals surface area contributed by atoms with E-state index in [-0.39, 0.29) is 5.38 Å². The molecule has 1 aromatic rings. The zero-order valence-electron chi connectivity index (χ0n) is 9.70. The fraction of sp³-hybridized carbons (Fsp3) is 0.800. The maximum Gasteiger partial charge on any atom is 0.204 e. The van der Waals surface area contributed by atoms with E-state index in [0.717, 1.165) is 23.9 Å². The third-order valence-corrected chi connectivity index (χ3v) is 3.20. The molecule has 0 amide bonds. The normalized spacial score (nSPS) is 13.2. The van der Waals surface area contributed by atoms with E-state index in [9.17, 15) is 0 Å². The quantitative estimate of drug-likeness (QED) is 0.749. The largest absolute Gasteiger partial charge is 0.350 e. The van der Waals surface area contributed by atoms with E-state index in [1.165, 1.54) is 11.5 Å². The van der Waals surface area contributed by atoms with Gasteiger partial charge in [0, 0.05) is 36.4 Å². The molecule has 1 rings (SSSR count). The summed E-state index contributed by atoms with van der Waals surface area (Å²) in [5, 5.41) is 1.20. The first-order valence-electron chi connectivity index (χ1n) is 5.19. The van der Waals surface area contributed by atoms with Crippen LogP contribution in [0.4, 0.5) is 5.13 Å². The first-order valence-corrected chi connectivity index (χ1v) is 6.40. The van der Waals surface area contributed by atoms with Crippen molar-refractivity contribution in [3.63, 3.8) is 0 Å². The summed E-state index contributed by atoms with van der Waals surface area (Å²) in [5.74, 6) is 1.33. The number of anilines is 1. The van der Waals surface area contributed by atoms with Gasteiger partial charge >= 0.3 is 0 Å². The maximum atomic E-state index is 5.91. The Morgan fingerprint density at radius 1 is 1.40 bits per heavy atom. The smallest absolute Gasteiger partial charge is 0.204 e. The Labute approximate surface area is 101 Å². The van der Waals surface area contributed by atoms with Gasteiger partial charge in [0.25, 0.3) is 0 Å². The Morgan fingerprint density at radius 3 is 2.53 bits per heavy atom. The van der Waals surface area contributed by atoms with Crippen molar-refractivity contribution in [2.24, 2.45) is 0 Å². The lowest BCUT2D eigenvalue weighted by molar-refractivity contribution is 0.759. The molecule has 0 fully saturated rings. The van der Waals surface area contributed by atoms with E-state index >= 15 is 0 Å². The number of hydrogen-bond donors (Lipinski definition) is 0. The fourth-order valence-electron chi connectivity index (χ4n) is 1.08. The lowest BCUT2D eigenvalue weighted by Crippen LogP contribution is -2.20. The van der Waals surface area contributed by atoms with E-state index in [2.05, 4.69) is 28.1 Å². The topological polar surface area (TPSA) is 29.0 Å². The molecule has 1 heterocycles. The van der Waals surface area contributed by atoms with Crippen molar-refractivity contribution in [2.75, 3.05) is 18.5 Å². The van der Waals surface area contributed by atoms with Gasteiger partial charge in [0.15, 0.2) is 0 Å². The number of rotatable bonds is 5. The molecule has 0 saturated carbocycles. The van der Waals surface area contributed by atoms with Crippen LogP contribution in [0.15, 0.2) is 0 Å². The summed E-state index contributed by atoms with van der Waals surface area (Å²) in [6.45, 7) is 7.14. The SMILES string of the molecule is CC(Cl)CCN(C)c1nc(C(C)C)ns1. The highest BCUT2D eigenvalue weighted by Gasteiger charge is 2.11. The molecule has 0 aromatic carbocycles. The van der Waals surface area contributed by atoms with Crippen LogP contribution in [0.2, 0.25) is 0 Å². The summed E-state index contributed by atoms with van der Waals surface area (Å²) in [5.41, 5.74) is 0. The second-order valence-corrected chi connectivity index (χ2v) is 5.56. The second-order valence-electron chi connectivity index (χ2n) is 4.08. The molecule has 0 N–H and O–H groups in total. The Bertz CT molecular complexity index is 299. The average molecular weight is 248 g/mol.